The smallest absolute Gasteiger partial charge is 0.338 e. The van der Waals surface area contributed by atoms with Gasteiger partial charge in [0.1, 0.15) is 11.0 Å². The lowest BCUT2D eigenvalue weighted by Gasteiger charge is -2.18. The molecule has 0 aliphatic carbocycles. The first-order valence-corrected chi connectivity index (χ1v) is 16.3. The Balaban J connectivity index is 1.70. The maximum absolute atomic E-state index is 13.2. The van der Waals surface area contributed by atoms with E-state index in [0.29, 0.717) is 18.1 Å². The molecule has 1 unspecified atom stereocenters. The quantitative estimate of drug-likeness (QED) is 0.118. The highest BCUT2D eigenvalue weighted by Gasteiger charge is 2.33. The molecule has 12 heteroatoms. The van der Waals surface area contributed by atoms with Crippen LogP contribution in [-0.2, 0) is 19.4 Å². The average molecular weight is 633 g/mol. The fraction of sp³-hybridized carbons (Fsp3) is 0.300. The minimum Gasteiger partial charge on any atom is -0.506 e. The number of benzene rings is 3. The third-order valence-electron chi connectivity index (χ3n) is 6.33. The molecule has 42 heavy (non-hydrogen) atoms. The Morgan fingerprint density at radius 3 is 2.14 bits per heavy atom. The number of hydrogen-bond acceptors (Lipinski definition) is 8. The SMILES string of the molecule is CCC(C(=O)Nc1cc(O)c(NC(=O)c2ccc(C(=O)OCCC(C)C)cc2)cc1Cl)S(=O)(=O)c1ccc(SC)cc1. The van der Waals surface area contributed by atoms with Gasteiger partial charge in [0.2, 0.25) is 5.91 Å². The van der Waals surface area contributed by atoms with Crippen molar-refractivity contribution in [1.82, 2.24) is 0 Å². The molecule has 0 saturated carbocycles. The van der Waals surface area contributed by atoms with Gasteiger partial charge in [-0.15, -0.1) is 11.8 Å². The Morgan fingerprint density at radius 1 is 0.952 bits per heavy atom. The van der Waals surface area contributed by atoms with E-state index in [9.17, 15) is 27.9 Å². The van der Waals surface area contributed by atoms with Crippen molar-refractivity contribution in [2.45, 2.75) is 48.7 Å². The van der Waals surface area contributed by atoms with E-state index in [-0.39, 0.29) is 33.3 Å². The zero-order chi connectivity index (χ0) is 31.0. The first-order chi connectivity index (χ1) is 19.9. The molecule has 0 radical (unpaired) electrons. The number of halogens is 1. The van der Waals surface area contributed by atoms with Crippen LogP contribution < -0.4 is 10.6 Å². The van der Waals surface area contributed by atoms with E-state index in [2.05, 4.69) is 10.6 Å². The van der Waals surface area contributed by atoms with Gasteiger partial charge in [-0.25, -0.2) is 13.2 Å². The molecule has 3 aromatic rings. The van der Waals surface area contributed by atoms with Gasteiger partial charge in [-0.2, -0.15) is 0 Å². The molecule has 0 bridgehead atoms. The van der Waals surface area contributed by atoms with Gasteiger partial charge in [0.05, 0.1) is 33.5 Å². The number of ether oxygens (including phenoxy) is 1. The zero-order valence-electron chi connectivity index (χ0n) is 23.6. The Hall–Kier alpha value is -3.54. The first-order valence-electron chi connectivity index (χ1n) is 13.2. The van der Waals surface area contributed by atoms with Crippen LogP contribution in [0.1, 0.15) is 54.3 Å². The van der Waals surface area contributed by atoms with Crippen molar-refractivity contribution in [3.05, 3.63) is 76.8 Å². The van der Waals surface area contributed by atoms with Crippen LogP contribution in [0.15, 0.2) is 70.5 Å². The molecule has 3 N–H and O–H groups in total. The summed E-state index contributed by atoms with van der Waals surface area (Å²) in [6.45, 7) is 5.94. The summed E-state index contributed by atoms with van der Waals surface area (Å²) in [4.78, 5) is 38.9. The number of phenolic OH excluding ortho intramolecular Hbond substituents is 1. The van der Waals surface area contributed by atoms with Crippen LogP contribution in [0.3, 0.4) is 0 Å². The van der Waals surface area contributed by atoms with Crippen molar-refractivity contribution in [1.29, 1.82) is 0 Å². The number of thioether (sulfide) groups is 1. The molecule has 0 aliphatic rings. The molecule has 2 amide bonds. The van der Waals surface area contributed by atoms with E-state index in [1.54, 1.807) is 19.1 Å². The summed E-state index contributed by atoms with van der Waals surface area (Å²) in [6.07, 6.45) is 2.62. The lowest BCUT2D eigenvalue weighted by Crippen LogP contribution is -2.34. The molecule has 0 saturated heterocycles. The Morgan fingerprint density at radius 2 is 1.57 bits per heavy atom. The van der Waals surface area contributed by atoms with E-state index < -0.39 is 38.6 Å². The summed E-state index contributed by atoms with van der Waals surface area (Å²) >= 11 is 7.79. The Kier molecular flexibility index (Phi) is 11.4. The number of aromatic hydroxyl groups is 1. The molecule has 224 valence electrons. The van der Waals surface area contributed by atoms with Gasteiger partial charge in [-0.1, -0.05) is 32.4 Å². The highest BCUT2D eigenvalue weighted by atomic mass is 35.5. The molecule has 0 aliphatic heterocycles. The van der Waals surface area contributed by atoms with Crippen molar-refractivity contribution in [3.8, 4) is 5.75 Å². The number of hydrogen-bond donors (Lipinski definition) is 3. The van der Waals surface area contributed by atoms with Crippen LogP contribution in [0.25, 0.3) is 0 Å². The largest absolute Gasteiger partial charge is 0.506 e. The monoisotopic (exact) mass is 632 g/mol. The summed E-state index contributed by atoms with van der Waals surface area (Å²) in [5, 5.41) is 14.1. The second kappa shape index (κ2) is 14.6. The summed E-state index contributed by atoms with van der Waals surface area (Å²) in [7, 11) is -4.00. The van der Waals surface area contributed by atoms with Crippen LogP contribution in [-0.4, -0.2) is 49.4 Å². The van der Waals surface area contributed by atoms with Gasteiger partial charge in [-0.05, 0) is 79.6 Å². The van der Waals surface area contributed by atoms with Gasteiger partial charge >= 0.3 is 5.97 Å². The van der Waals surface area contributed by atoms with E-state index >= 15 is 0 Å². The number of anilines is 2. The van der Waals surface area contributed by atoms with Crippen LogP contribution in [0, 0.1) is 5.92 Å². The summed E-state index contributed by atoms with van der Waals surface area (Å²) in [5.74, 6) is -1.89. The second-order valence-corrected chi connectivity index (χ2v) is 13.2. The number of phenols is 1. The standard InChI is InChI=1S/C30H33ClN2O7S2/c1-5-27(42(38,39)22-12-10-21(41-4)11-13-22)29(36)32-24-17-26(34)25(16-23(24)31)33-28(35)19-6-8-20(9-7-19)30(37)40-15-14-18(2)3/h6-13,16-18,27,34H,5,14-15H2,1-4H3,(H,32,36)(H,33,35). The minimum atomic E-state index is -4.00. The van der Waals surface area contributed by atoms with Gasteiger partial charge in [0.25, 0.3) is 5.91 Å². The Labute approximate surface area is 254 Å². The molecular weight excluding hydrogens is 600 g/mol. The number of esters is 1. The normalized spacial score (nSPS) is 12.0. The number of amides is 2. The molecular formula is C30H33ClN2O7S2. The molecule has 1 atom stereocenters. The first kappa shape index (κ1) is 33.0. The predicted octanol–water partition coefficient (Wildman–Crippen LogP) is 6.41. The van der Waals surface area contributed by atoms with Crippen LogP contribution in [0.5, 0.6) is 5.75 Å². The summed E-state index contributed by atoms with van der Waals surface area (Å²) < 4.78 is 31.5. The van der Waals surface area contributed by atoms with Gasteiger partial charge in [0.15, 0.2) is 9.84 Å². The van der Waals surface area contributed by atoms with E-state index in [4.69, 9.17) is 16.3 Å². The van der Waals surface area contributed by atoms with E-state index in [1.807, 2.05) is 20.1 Å². The third-order valence-corrected chi connectivity index (χ3v) is 9.61. The Bertz CT molecular complexity index is 1540. The molecule has 0 spiro atoms. The van der Waals surface area contributed by atoms with Crippen LogP contribution in [0.4, 0.5) is 11.4 Å². The maximum Gasteiger partial charge on any atom is 0.338 e. The zero-order valence-corrected chi connectivity index (χ0v) is 26.0. The summed E-state index contributed by atoms with van der Waals surface area (Å²) in [6, 6.07) is 14.4. The number of carbonyl (C=O) groups excluding carboxylic acids is 3. The average Bonchev–Trinajstić information content (AvgIpc) is 2.95. The molecule has 9 nitrogen and oxygen atoms in total. The number of rotatable bonds is 12. The van der Waals surface area contributed by atoms with Gasteiger partial charge in [0, 0.05) is 16.5 Å². The molecule has 0 fully saturated rings. The summed E-state index contributed by atoms with van der Waals surface area (Å²) in [5.41, 5.74) is 0.450. The lowest BCUT2D eigenvalue weighted by atomic mass is 10.1. The molecule has 0 aromatic heterocycles. The lowest BCUT2D eigenvalue weighted by molar-refractivity contribution is -0.115. The fourth-order valence-electron chi connectivity index (χ4n) is 3.87. The van der Waals surface area contributed by atoms with Crippen LogP contribution in [0.2, 0.25) is 5.02 Å². The molecule has 3 aromatic carbocycles. The predicted molar refractivity (Wildman–Crippen MR) is 165 cm³/mol. The number of nitrogens with one attached hydrogen (secondary N) is 2. The maximum atomic E-state index is 13.2. The topological polar surface area (TPSA) is 139 Å². The van der Waals surface area contributed by atoms with E-state index in [0.717, 1.165) is 17.4 Å². The van der Waals surface area contributed by atoms with Crippen molar-refractivity contribution in [3.63, 3.8) is 0 Å². The molecule has 0 heterocycles. The minimum absolute atomic E-state index is 0.00461. The highest BCUT2D eigenvalue weighted by molar-refractivity contribution is 7.98. The van der Waals surface area contributed by atoms with Crippen molar-refractivity contribution in [2.24, 2.45) is 5.92 Å². The second-order valence-electron chi connectivity index (χ2n) is 9.81. The fourth-order valence-corrected chi connectivity index (χ4v) is 6.11. The number of sulfone groups is 1. The van der Waals surface area contributed by atoms with Gasteiger partial charge in [-0.3, -0.25) is 9.59 Å². The van der Waals surface area contributed by atoms with Crippen molar-refractivity contribution < 1.29 is 32.6 Å². The van der Waals surface area contributed by atoms with Crippen LogP contribution >= 0.6 is 23.4 Å². The van der Waals surface area contributed by atoms with E-state index in [1.165, 1.54) is 54.2 Å². The molecule has 3 rings (SSSR count). The third kappa shape index (κ3) is 8.27. The van der Waals surface area contributed by atoms with Gasteiger partial charge < -0.3 is 20.5 Å². The number of carbonyl (C=O) groups is 3. The highest BCUT2D eigenvalue weighted by Crippen LogP contribution is 2.35. The van der Waals surface area contributed by atoms with Crippen molar-refractivity contribution in [2.75, 3.05) is 23.5 Å². The van der Waals surface area contributed by atoms with Crippen molar-refractivity contribution >= 4 is 62.4 Å².